The van der Waals surface area contributed by atoms with E-state index < -0.39 is 0 Å². The molecule has 1 aromatic rings. The molecular weight excluding hydrogens is 234 g/mol. The van der Waals surface area contributed by atoms with Crippen LogP contribution >= 0.6 is 0 Å². The molecule has 1 saturated heterocycles. The van der Waals surface area contributed by atoms with Crippen LogP contribution in [0.4, 0.5) is 0 Å². The molecule has 0 bridgehead atoms. The number of fused-ring (bicyclic) bond motifs is 1. The minimum atomic E-state index is 0.296. The summed E-state index contributed by atoms with van der Waals surface area (Å²) in [5, 5.41) is 7.65. The van der Waals surface area contributed by atoms with Crippen LogP contribution in [0.1, 0.15) is 37.3 Å². The molecule has 0 amide bonds. The summed E-state index contributed by atoms with van der Waals surface area (Å²) in [6.07, 6.45) is 4.85. The van der Waals surface area contributed by atoms with Gasteiger partial charge in [0, 0.05) is 25.6 Å². The van der Waals surface area contributed by atoms with Crippen LogP contribution in [-0.2, 0) is 0 Å². The van der Waals surface area contributed by atoms with E-state index in [1.54, 1.807) is 0 Å². The number of likely N-dealkylation sites (tertiary alicyclic amines) is 1. The maximum Gasteiger partial charge on any atom is 0.0924 e. The molecule has 0 spiro atoms. The van der Waals surface area contributed by atoms with Crippen LogP contribution in [0.25, 0.3) is 0 Å². The molecule has 2 fully saturated rings. The zero-order chi connectivity index (χ0) is 13.2. The van der Waals surface area contributed by atoms with Crippen LogP contribution in [0.15, 0.2) is 30.3 Å². The Morgan fingerprint density at radius 1 is 1.21 bits per heavy atom. The van der Waals surface area contributed by atoms with Gasteiger partial charge in [-0.3, -0.25) is 10.3 Å². The molecule has 19 heavy (non-hydrogen) atoms. The van der Waals surface area contributed by atoms with Crippen molar-refractivity contribution in [3.63, 3.8) is 0 Å². The van der Waals surface area contributed by atoms with Gasteiger partial charge in [-0.1, -0.05) is 36.8 Å². The van der Waals surface area contributed by atoms with E-state index in [1.165, 1.54) is 37.9 Å². The van der Waals surface area contributed by atoms with Gasteiger partial charge in [0.15, 0.2) is 0 Å². The van der Waals surface area contributed by atoms with Gasteiger partial charge in [0.2, 0.25) is 0 Å². The topological polar surface area (TPSA) is 53.1 Å². The minimum absolute atomic E-state index is 0.296. The third kappa shape index (κ3) is 2.66. The van der Waals surface area contributed by atoms with Crippen LogP contribution in [0.5, 0.6) is 0 Å². The van der Waals surface area contributed by atoms with E-state index in [4.69, 9.17) is 11.1 Å². The number of rotatable bonds is 4. The van der Waals surface area contributed by atoms with Crippen LogP contribution in [0.2, 0.25) is 0 Å². The second kappa shape index (κ2) is 5.33. The Labute approximate surface area is 115 Å². The SMILES string of the molecule is N=C(N)CC(c1ccccc1)N1CC2CCCC2C1. The molecule has 1 saturated carbocycles. The fourth-order valence-corrected chi connectivity index (χ4v) is 3.87. The first-order chi connectivity index (χ1) is 9.24. The molecule has 2 aliphatic rings. The predicted octanol–water partition coefficient (Wildman–Crippen LogP) is 2.79. The van der Waals surface area contributed by atoms with Crippen molar-refractivity contribution < 1.29 is 0 Å². The zero-order valence-electron chi connectivity index (χ0n) is 11.4. The fraction of sp³-hybridized carbons (Fsp3) is 0.562. The first-order valence-electron chi connectivity index (χ1n) is 7.36. The maximum absolute atomic E-state index is 7.65. The smallest absolute Gasteiger partial charge is 0.0924 e. The summed E-state index contributed by atoms with van der Waals surface area (Å²) in [7, 11) is 0. The summed E-state index contributed by atoms with van der Waals surface area (Å²) in [5.74, 6) is 2.07. The molecule has 102 valence electrons. The lowest BCUT2D eigenvalue weighted by Crippen LogP contribution is -2.30. The molecule has 3 atom stereocenters. The minimum Gasteiger partial charge on any atom is -0.388 e. The van der Waals surface area contributed by atoms with Crippen LogP contribution in [0, 0.1) is 17.2 Å². The fourth-order valence-electron chi connectivity index (χ4n) is 3.87. The third-order valence-electron chi connectivity index (χ3n) is 4.79. The molecule has 3 heteroatoms. The third-order valence-corrected chi connectivity index (χ3v) is 4.79. The second-order valence-electron chi connectivity index (χ2n) is 6.06. The van der Waals surface area contributed by atoms with Gasteiger partial charge in [-0.25, -0.2) is 0 Å². The number of hydrogen-bond acceptors (Lipinski definition) is 2. The van der Waals surface area contributed by atoms with Crippen LogP contribution in [0.3, 0.4) is 0 Å². The average molecular weight is 257 g/mol. The van der Waals surface area contributed by atoms with E-state index in [9.17, 15) is 0 Å². The van der Waals surface area contributed by atoms with Gasteiger partial charge in [-0.05, 0) is 30.2 Å². The van der Waals surface area contributed by atoms with E-state index in [0.717, 1.165) is 11.8 Å². The Morgan fingerprint density at radius 2 is 1.84 bits per heavy atom. The van der Waals surface area contributed by atoms with Gasteiger partial charge in [0.25, 0.3) is 0 Å². The predicted molar refractivity (Wildman–Crippen MR) is 78.1 cm³/mol. The maximum atomic E-state index is 7.65. The standard InChI is InChI=1S/C16H23N3/c17-16(18)9-15(12-5-2-1-3-6-12)19-10-13-7-4-8-14(13)11-19/h1-3,5-6,13-15H,4,7-11H2,(H3,17,18). The van der Waals surface area contributed by atoms with Gasteiger partial charge < -0.3 is 5.73 Å². The van der Waals surface area contributed by atoms with E-state index in [0.29, 0.717) is 18.3 Å². The van der Waals surface area contributed by atoms with Gasteiger partial charge >= 0.3 is 0 Å². The summed E-state index contributed by atoms with van der Waals surface area (Å²) >= 11 is 0. The highest BCUT2D eigenvalue weighted by Gasteiger charge is 2.39. The highest BCUT2D eigenvalue weighted by atomic mass is 15.2. The quantitative estimate of drug-likeness (QED) is 0.643. The highest BCUT2D eigenvalue weighted by molar-refractivity contribution is 5.77. The number of nitrogens with one attached hydrogen (secondary N) is 1. The Hall–Kier alpha value is -1.35. The van der Waals surface area contributed by atoms with Crippen LogP contribution in [-0.4, -0.2) is 23.8 Å². The van der Waals surface area contributed by atoms with Crippen molar-refractivity contribution in [2.75, 3.05) is 13.1 Å². The summed E-state index contributed by atoms with van der Waals surface area (Å²) in [4.78, 5) is 2.56. The molecule has 0 radical (unpaired) electrons. The molecule has 3 nitrogen and oxygen atoms in total. The van der Waals surface area contributed by atoms with E-state index in [-0.39, 0.29) is 0 Å². The molecule has 1 aliphatic heterocycles. The van der Waals surface area contributed by atoms with Crippen molar-refractivity contribution in [2.24, 2.45) is 17.6 Å². The van der Waals surface area contributed by atoms with Crippen molar-refractivity contribution in [3.05, 3.63) is 35.9 Å². The number of amidine groups is 1. The van der Waals surface area contributed by atoms with Gasteiger partial charge in [-0.15, -0.1) is 0 Å². The number of benzene rings is 1. The monoisotopic (exact) mass is 257 g/mol. The molecule has 1 aromatic carbocycles. The summed E-state index contributed by atoms with van der Waals surface area (Å²) in [6.45, 7) is 2.38. The largest absolute Gasteiger partial charge is 0.388 e. The van der Waals surface area contributed by atoms with Crippen molar-refractivity contribution >= 4 is 5.84 Å². The lowest BCUT2D eigenvalue weighted by atomic mass is 10.0. The lowest BCUT2D eigenvalue weighted by Gasteiger charge is -2.28. The number of hydrogen-bond donors (Lipinski definition) is 2. The van der Waals surface area contributed by atoms with Gasteiger partial charge in [0.05, 0.1) is 5.84 Å². The lowest BCUT2D eigenvalue weighted by molar-refractivity contribution is 0.231. The summed E-state index contributed by atoms with van der Waals surface area (Å²) in [6, 6.07) is 10.8. The first-order valence-corrected chi connectivity index (χ1v) is 7.36. The molecule has 3 rings (SSSR count). The van der Waals surface area contributed by atoms with E-state index >= 15 is 0 Å². The second-order valence-corrected chi connectivity index (χ2v) is 6.06. The average Bonchev–Trinajstić information content (AvgIpc) is 2.97. The van der Waals surface area contributed by atoms with Crippen molar-refractivity contribution in [2.45, 2.75) is 31.7 Å². The van der Waals surface area contributed by atoms with Crippen molar-refractivity contribution in [1.29, 1.82) is 5.41 Å². The Morgan fingerprint density at radius 3 is 2.42 bits per heavy atom. The summed E-state index contributed by atoms with van der Waals surface area (Å²) in [5.41, 5.74) is 6.97. The molecule has 3 N–H and O–H groups in total. The number of nitrogens with two attached hydrogens (primary N) is 1. The molecule has 3 unspecified atom stereocenters. The molecular formula is C16H23N3. The Bertz CT molecular complexity index is 431. The molecule has 0 aromatic heterocycles. The Balaban J connectivity index is 1.78. The van der Waals surface area contributed by atoms with Crippen molar-refractivity contribution in [1.82, 2.24) is 4.90 Å². The van der Waals surface area contributed by atoms with E-state index in [1.807, 2.05) is 6.07 Å². The van der Waals surface area contributed by atoms with Crippen LogP contribution < -0.4 is 5.73 Å². The van der Waals surface area contributed by atoms with Gasteiger partial charge in [-0.2, -0.15) is 0 Å². The summed E-state index contributed by atoms with van der Waals surface area (Å²) < 4.78 is 0. The first kappa shape index (κ1) is 12.7. The zero-order valence-corrected chi connectivity index (χ0v) is 11.4. The molecule has 1 aliphatic carbocycles. The van der Waals surface area contributed by atoms with Crippen molar-refractivity contribution in [3.8, 4) is 0 Å². The highest BCUT2D eigenvalue weighted by Crippen LogP contribution is 2.41. The Kier molecular flexibility index (Phi) is 3.56. The molecule has 1 heterocycles. The van der Waals surface area contributed by atoms with Gasteiger partial charge in [0.1, 0.15) is 0 Å². The normalized spacial score (nSPS) is 28.2. The number of nitrogens with zero attached hydrogens (tertiary/aromatic N) is 1. The van der Waals surface area contributed by atoms with E-state index in [2.05, 4.69) is 29.2 Å².